The van der Waals surface area contributed by atoms with Crippen molar-refractivity contribution in [1.29, 1.82) is 0 Å². The zero-order chi connectivity index (χ0) is 16.3. The molecule has 2 unspecified atom stereocenters. The molecular weight excluding hydrogens is 292 g/mol. The van der Waals surface area contributed by atoms with E-state index < -0.39 is 0 Å². The average Bonchev–Trinajstić information content (AvgIpc) is 3.31. The van der Waals surface area contributed by atoms with Gasteiger partial charge >= 0.3 is 0 Å². The minimum absolute atomic E-state index is 0.0736. The Labute approximate surface area is 137 Å². The smallest absolute Gasteiger partial charge is 0.251 e. The standard InChI is InChI=1S/C18H26N2O3/c1-18(12-19,14-6-7-14)20-17(21)13-4-8-15(9-5-13)23-11-16-3-2-10-22-16/h4-5,8-9,14,16H,2-3,6-7,10-12,19H2,1H3,(H,20,21). The molecule has 5 heteroatoms. The van der Waals surface area contributed by atoms with Crippen LogP contribution in [0.4, 0.5) is 0 Å². The predicted octanol–water partition coefficient (Wildman–Crippen LogP) is 2.10. The van der Waals surface area contributed by atoms with E-state index in [1.807, 2.05) is 19.1 Å². The van der Waals surface area contributed by atoms with Gasteiger partial charge in [0.25, 0.3) is 5.91 Å². The van der Waals surface area contributed by atoms with Gasteiger partial charge in [-0.15, -0.1) is 0 Å². The summed E-state index contributed by atoms with van der Waals surface area (Å²) in [7, 11) is 0. The van der Waals surface area contributed by atoms with Crippen LogP contribution in [0, 0.1) is 5.92 Å². The molecule has 3 rings (SSSR count). The van der Waals surface area contributed by atoms with E-state index in [1.165, 1.54) is 0 Å². The number of hydrogen-bond donors (Lipinski definition) is 2. The number of hydrogen-bond acceptors (Lipinski definition) is 4. The van der Waals surface area contributed by atoms with Crippen LogP contribution in [0.2, 0.25) is 0 Å². The molecule has 0 spiro atoms. The number of carbonyl (C=O) groups excluding carboxylic acids is 1. The highest BCUT2D eigenvalue weighted by Crippen LogP contribution is 2.39. The number of benzene rings is 1. The van der Waals surface area contributed by atoms with E-state index in [-0.39, 0.29) is 17.6 Å². The minimum Gasteiger partial charge on any atom is -0.491 e. The van der Waals surface area contributed by atoms with Crippen LogP contribution in [0.3, 0.4) is 0 Å². The SMILES string of the molecule is CC(CN)(NC(=O)c1ccc(OCC2CCCO2)cc1)C1CC1. The maximum atomic E-state index is 12.4. The Hall–Kier alpha value is -1.59. The third-order valence-electron chi connectivity index (χ3n) is 4.88. The van der Waals surface area contributed by atoms with Crippen molar-refractivity contribution < 1.29 is 14.3 Å². The molecule has 2 atom stereocenters. The lowest BCUT2D eigenvalue weighted by molar-refractivity contribution is 0.0679. The van der Waals surface area contributed by atoms with Crippen molar-refractivity contribution in [1.82, 2.24) is 5.32 Å². The van der Waals surface area contributed by atoms with E-state index in [0.717, 1.165) is 38.0 Å². The summed E-state index contributed by atoms with van der Waals surface area (Å²) in [6.45, 7) is 3.89. The molecule has 0 bridgehead atoms. The van der Waals surface area contributed by atoms with Gasteiger partial charge in [0.1, 0.15) is 12.4 Å². The van der Waals surface area contributed by atoms with E-state index in [0.29, 0.717) is 24.6 Å². The van der Waals surface area contributed by atoms with Crippen LogP contribution in [0.5, 0.6) is 5.75 Å². The van der Waals surface area contributed by atoms with Gasteiger partial charge in [-0.05, 0) is 62.8 Å². The van der Waals surface area contributed by atoms with Crippen molar-refractivity contribution in [2.75, 3.05) is 19.8 Å². The molecule has 1 heterocycles. The van der Waals surface area contributed by atoms with Crippen molar-refractivity contribution in [3.63, 3.8) is 0 Å². The Morgan fingerprint density at radius 1 is 1.35 bits per heavy atom. The summed E-state index contributed by atoms with van der Waals surface area (Å²) in [6, 6.07) is 7.26. The lowest BCUT2D eigenvalue weighted by Gasteiger charge is -2.29. The van der Waals surface area contributed by atoms with Crippen LogP contribution >= 0.6 is 0 Å². The van der Waals surface area contributed by atoms with E-state index in [1.54, 1.807) is 12.1 Å². The van der Waals surface area contributed by atoms with Gasteiger partial charge < -0.3 is 20.5 Å². The van der Waals surface area contributed by atoms with Gasteiger partial charge in [-0.2, -0.15) is 0 Å². The highest BCUT2D eigenvalue weighted by molar-refractivity contribution is 5.94. The Bertz CT molecular complexity index is 536. The average molecular weight is 318 g/mol. The van der Waals surface area contributed by atoms with Crippen molar-refractivity contribution in [2.24, 2.45) is 11.7 Å². The van der Waals surface area contributed by atoms with E-state index in [9.17, 15) is 4.79 Å². The summed E-state index contributed by atoms with van der Waals surface area (Å²) < 4.78 is 11.2. The lowest BCUT2D eigenvalue weighted by atomic mass is 9.95. The van der Waals surface area contributed by atoms with Crippen molar-refractivity contribution in [3.05, 3.63) is 29.8 Å². The third kappa shape index (κ3) is 4.03. The van der Waals surface area contributed by atoms with Crippen molar-refractivity contribution in [2.45, 2.75) is 44.2 Å². The van der Waals surface area contributed by atoms with Gasteiger partial charge in [0.2, 0.25) is 0 Å². The summed E-state index contributed by atoms with van der Waals surface area (Å²) in [5.74, 6) is 1.20. The second-order valence-electron chi connectivity index (χ2n) is 6.82. The van der Waals surface area contributed by atoms with Crippen LogP contribution in [0.1, 0.15) is 43.0 Å². The quantitative estimate of drug-likeness (QED) is 0.807. The minimum atomic E-state index is -0.300. The molecule has 5 nitrogen and oxygen atoms in total. The summed E-state index contributed by atoms with van der Waals surface area (Å²) in [4.78, 5) is 12.4. The molecule has 3 N–H and O–H groups in total. The second-order valence-corrected chi connectivity index (χ2v) is 6.82. The molecule has 1 saturated heterocycles. The summed E-state index contributed by atoms with van der Waals surface area (Å²) >= 11 is 0. The molecular formula is C18H26N2O3. The molecule has 1 aliphatic heterocycles. The molecule has 1 amide bonds. The molecule has 0 radical (unpaired) electrons. The third-order valence-corrected chi connectivity index (χ3v) is 4.88. The fourth-order valence-electron chi connectivity index (χ4n) is 3.04. The summed E-state index contributed by atoms with van der Waals surface area (Å²) in [6.07, 6.45) is 4.64. The number of nitrogens with two attached hydrogens (primary N) is 1. The van der Waals surface area contributed by atoms with Gasteiger partial charge in [-0.1, -0.05) is 0 Å². The van der Waals surface area contributed by atoms with E-state index >= 15 is 0 Å². The van der Waals surface area contributed by atoms with Gasteiger partial charge in [-0.25, -0.2) is 0 Å². The zero-order valence-electron chi connectivity index (χ0n) is 13.7. The van der Waals surface area contributed by atoms with Crippen molar-refractivity contribution in [3.8, 4) is 5.75 Å². The number of nitrogens with one attached hydrogen (secondary N) is 1. The van der Waals surface area contributed by atoms with Crippen LogP contribution < -0.4 is 15.8 Å². The Morgan fingerprint density at radius 3 is 2.65 bits per heavy atom. The molecule has 1 aromatic rings. The van der Waals surface area contributed by atoms with Crippen LogP contribution in [-0.4, -0.2) is 37.3 Å². The molecule has 0 aromatic heterocycles. The Kier molecular flexibility index (Phi) is 4.87. The number of amides is 1. The molecule has 2 aliphatic rings. The number of ether oxygens (including phenoxy) is 2. The second kappa shape index (κ2) is 6.89. The number of rotatable bonds is 7. The first-order chi connectivity index (χ1) is 11.1. The van der Waals surface area contributed by atoms with Crippen LogP contribution in [0.15, 0.2) is 24.3 Å². The highest BCUT2D eigenvalue weighted by Gasteiger charge is 2.41. The van der Waals surface area contributed by atoms with E-state index in [4.69, 9.17) is 15.2 Å². The highest BCUT2D eigenvalue weighted by atomic mass is 16.5. The van der Waals surface area contributed by atoms with Crippen LogP contribution in [0.25, 0.3) is 0 Å². The molecule has 1 aromatic carbocycles. The zero-order valence-corrected chi connectivity index (χ0v) is 13.7. The number of carbonyl (C=O) groups is 1. The van der Waals surface area contributed by atoms with Crippen molar-refractivity contribution >= 4 is 5.91 Å². The topological polar surface area (TPSA) is 73.6 Å². The molecule has 1 aliphatic carbocycles. The molecule has 126 valence electrons. The van der Waals surface area contributed by atoms with Gasteiger partial charge in [-0.3, -0.25) is 4.79 Å². The summed E-state index contributed by atoms with van der Waals surface area (Å²) in [5, 5.41) is 3.09. The molecule has 2 fully saturated rings. The fourth-order valence-corrected chi connectivity index (χ4v) is 3.04. The first-order valence-electron chi connectivity index (χ1n) is 8.48. The van der Waals surface area contributed by atoms with Gasteiger partial charge in [0.05, 0.1) is 11.6 Å². The monoisotopic (exact) mass is 318 g/mol. The largest absolute Gasteiger partial charge is 0.491 e. The van der Waals surface area contributed by atoms with E-state index in [2.05, 4.69) is 5.32 Å². The first-order valence-corrected chi connectivity index (χ1v) is 8.48. The fraction of sp³-hybridized carbons (Fsp3) is 0.611. The van der Waals surface area contributed by atoms with Gasteiger partial charge in [0, 0.05) is 18.7 Å². The normalized spacial score (nSPS) is 23.3. The Balaban J connectivity index is 1.54. The Morgan fingerprint density at radius 2 is 2.09 bits per heavy atom. The maximum Gasteiger partial charge on any atom is 0.251 e. The molecule has 23 heavy (non-hydrogen) atoms. The lowest BCUT2D eigenvalue weighted by Crippen LogP contribution is -2.53. The molecule has 1 saturated carbocycles. The maximum absolute atomic E-state index is 12.4. The van der Waals surface area contributed by atoms with Gasteiger partial charge in [0.15, 0.2) is 0 Å². The first kappa shape index (κ1) is 16.3. The predicted molar refractivity (Wildman–Crippen MR) is 88.6 cm³/mol. The van der Waals surface area contributed by atoms with Crippen LogP contribution in [-0.2, 0) is 4.74 Å². The summed E-state index contributed by atoms with van der Waals surface area (Å²) in [5.41, 5.74) is 6.19.